The van der Waals surface area contributed by atoms with Crippen LogP contribution in [0.3, 0.4) is 0 Å². The number of carbonyl (C=O) groups excluding carboxylic acids is 3. The molecule has 3 aliphatic heterocycles. The number of benzene rings is 1. The third-order valence-electron chi connectivity index (χ3n) is 6.71. The average molecular weight is 475 g/mol. The van der Waals surface area contributed by atoms with E-state index in [1.807, 2.05) is 0 Å². The molecule has 33 heavy (non-hydrogen) atoms. The largest absolute Gasteiger partial charge is 0.461 e. The Hall–Kier alpha value is -2.68. The third-order valence-corrected chi connectivity index (χ3v) is 7.03. The monoisotopic (exact) mass is 474 g/mol. The van der Waals surface area contributed by atoms with E-state index in [1.54, 1.807) is 30.3 Å². The van der Waals surface area contributed by atoms with Crippen LogP contribution in [0.5, 0.6) is 0 Å². The van der Waals surface area contributed by atoms with Gasteiger partial charge in [0.1, 0.15) is 18.2 Å². The van der Waals surface area contributed by atoms with Gasteiger partial charge in [-0.15, -0.1) is 6.58 Å². The van der Waals surface area contributed by atoms with Gasteiger partial charge in [0.25, 0.3) is 5.91 Å². The Labute approximate surface area is 197 Å². The summed E-state index contributed by atoms with van der Waals surface area (Å²) in [4.78, 5) is 43.2. The first-order valence-corrected chi connectivity index (χ1v) is 11.3. The van der Waals surface area contributed by atoms with E-state index in [1.165, 1.54) is 15.9 Å². The molecular formula is C24H27ClN2O6. The number of nitrogens with zero attached hydrogens (tertiary/aromatic N) is 2. The van der Waals surface area contributed by atoms with Gasteiger partial charge in [0.15, 0.2) is 0 Å². The van der Waals surface area contributed by atoms with E-state index in [0.717, 1.165) is 0 Å². The molecule has 3 saturated heterocycles. The van der Waals surface area contributed by atoms with Gasteiger partial charge in [0.2, 0.25) is 5.91 Å². The number of esters is 1. The van der Waals surface area contributed by atoms with Crippen molar-refractivity contribution in [1.29, 1.82) is 0 Å². The highest BCUT2D eigenvalue weighted by atomic mass is 35.5. The van der Waals surface area contributed by atoms with Crippen molar-refractivity contribution in [1.82, 2.24) is 4.90 Å². The van der Waals surface area contributed by atoms with Crippen LogP contribution < -0.4 is 4.90 Å². The van der Waals surface area contributed by atoms with Gasteiger partial charge in [-0.1, -0.05) is 42.5 Å². The fourth-order valence-electron chi connectivity index (χ4n) is 5.54. The highest BCUT2D eigenvalue weighted by Gasteiger charge is 2.75. The van der Waals surface area contributed by atoms with Crippen molar-refractivity contribution in [3.8, 4) is 0 Å². The Balaban J connectivity index is 1.75. The first-order chi connectivity index (χ1) is 15.9. The van der Waals surface area contributed by atoms with Crippen molar-refractivity contribution in [2.24, 2.45) is 11.8 Å². The minimum atomic E-state index is -1.17. The number of rotatable bonds is 9. The molecule has 0 aromatic heterocycles. The van der Waals surface area contributed by atoms with Crippen LogP contribution in [0.25, 0.3) is 0 Å². The standard InChI is InChI=1S/C24H27ClN2O6/c1-3-11-26(16-8-6-5-7-15(16)25)22(30)20-24-10-9-17(33-24)18(23(31)32-14-4-2)19(24)21(29)27(20)12-13-28/h3-8,17-20,28H,1-2,9-14H2/t17-,18+,19+,20?,24?/m1/s1. The Morgan fingerprint density at radius 1 is 1.33 bits per heavy atom. The van der Waals surface area contributed by atoms with Gasteiger partial charge in [-0.05, 0) is 25.0 Å². The predicted molar refractivity (Wildman–Crippen MR) is 122 cm³/mol. The molecule has 2 bridgehead atoms. The van der Waals surface area contributed by atoms with Gasteiger partial charge in [0, 0.05) is 13.1 Å². The maximum atomic E-state index is 14.0. The van der Waals surface area contributed by atoms with Crippen LogP contribution in [0.1, 0.15) is 12.8 Å². The molecule has 2 unspecified atom stereocenters. The van der Waals surface area contributed by atoms with Crippen LogP contribution in [-0.2, 0) is 23.9 Å². The average Bonchev–Trinajstić information content (AvgIpc) is 3.44. The summed E-state index contributed by atoms with van der Waals surface area (Å²) in [5, 5.41) is 10.0. The first-order valence-electron chi connectivity index (χ1n) is 10.9. The fraction of sp³-hybridized carbons (Fsp3) is 0.458. The molecule has 1 N–H and O–H groups in total. The minimum Gasteiger partial charge on any atom is -0.461 e. The number of carbonyl (C=O) groups is 3. The van der Waals surface area contributed by atoms with Crippen molar-refractivity contribution in [3.63, 3.8) is 0 Å². The molecule has 0 saturated carbocycles. The fourth-order valence-corrected chi connectivity index (χ4v) is 5.78. The zero-order valence-electron chi connectivity index (χ0n) is 18.2. The molecule has 9 heteroatoms. The van der Waals surface area contributed by atoms with E-state index in [-0.39, 0.29) is 32.2 Å². The summed E-state index contributed by atoms with van der Waals surface area (Å²) >= 11 is 6.38. The van der Waals surface area contributed by atoms with Gasteiger partial charge in [-0.25, -0.2) is 0 Å². The number of aliphatic hydroxyl groups is 1. The molecule has 0 aliphatic carbocycles. The van der Waals surface area contributed by atoms with Crippen LogP contribution in [0.2, 0.25) is 5.02 Å². The lowest BCUT2D eigenvalue weighted by atomic mass is 9.70. The smallest absolute Gasteiger partial charge is 0.312 e. The van der Waals surface area contributed by atoms with E-state index in [2.05, 4.69) is 13.2 Å². The SMILES string of the molecule is C=CCOC(=O)[C@@H]1[C@H]2C(=O)N(CCO)C(C(=O)N(CC=C)c3ccccc3Cl)C23CC[C@H]1O3. The Bertz CT molecular complexity index is 983. The lowest BCUT2D eigenvalue weighted by molar-refractivity contribution is -0.154. The molecule has 1 spiro atoms. The second-order valence-electron chi connectivity index (χ2n) is 8.42. The number of ether oxygens (including phenoxy) is 2. The third kappa shape index (κ3) is 3.66. The molecule has 1 aromatic rings. The number of β-amino-alcohol motifs (C(OH)–C–C–N with tert-alkyl or cyclic N) is 1. The molecule has 2 amide bonds. The van der Waals surface area contributed by atoms with Crippen molar-refractivity contribution >= 4 is 35.1 Å². The topological polar surface area (TPSA) is 96.4 Å². The lowest BCUT2D eigenvalue weighted by Gasteiger charge is -2.36. The first kappa shape index (κ1) is 23.5. The molecule has 3 aliphatic rings. The lowest BCUT2D eigenvalue weighted by Crippen LogP contribution is -2.57. The molecular weight excluding hydrogens is 448 g/mol. The normalized spacial score (nSPS) is 29.6. The maximum absolute atomic E-state index is 14.0. The number of halogens is 1. The number of fused-ring (bicyclic) bond motifs is 1. The molecule has 3 heterocycles. The summed E-state index contributed by atoms with van der Waals surface area (Å²) in [6.07, 6.45) is 3.51. The van der Waals surface area contributed by atoms with Crippen LogP contribution in [0.15, 0.2) is 49.6 Å². The van der Waals surface area contributed by atoms with E-state index < -0.39 is 41.5 Å². The van der Waals surface area contributed by atoms with Crippen molar-refractivity contribution in [2.45, 2.75) is 30.6 Å². The number of hydrogen-bond acceptors (Lipinski definition) is 6. The predicted octanol–water partition coefficient (Wildman–Crippen LogP) is 1.96. The Morgan fingerprint density at radius 3 is 2.76 bits per heavy atom. The maximum Gasteiger partial charge on any atom is 0.312 e. The highest BCUT2D eigenvalue weighted by Crippen LogP contribution is 2.58. The highest BCUT2D eigenvalue weighted by molar-refractivity contribution is 6.34. The van der Waals surface area contributed by atoms with E-state index in [9.17, 15) is 19.5 Å². The number of hydrogen-bond donors (Lipinski definition) is 1. The van der Waals surface area contributed by atoms with Gasteiger partial charge in [0.05, 0.1) is 35.3 Å². The second kappa shape index (κ2) is 9.29. The quantitative estimate of drug-likeness (QED) is 0.434. The number of aliphatic hydroxyl groups excluding tert-OH is 1. The van der Waals surface area contributed by atoms with Crippen LogP contribution >= 0.6 is 11.6 Å². The molecule has 1 aromatic carbocycles. The van der Waals surface area contributed by atoms with Gasteiger partial charge >= 0.3 is 5.97 Å². The summed E-state index contributed by atoms with van der Waals surface area (Å²) in [7, 11) is 0. The number of amides is 2. The van der Waals surface area contributed by atoms with E-state index >= 15 is 0 Å². The van der Waals surface area contributed by atoms with Crippen LogP contribution in [0.4, 0.5) is 5.69 Å². The summed E-state index contributed by atoms with van der Waals surface area (Å²) in [5.74, 6) is -2.98. The van der Waals surface area contributed by atoms with Gasteiger partial charge in [-0.2, -0.15) is 0 Å². The summed E-state index contributed by atoms with van der Waals surface area (Å²) < 4.78 is 11.6. The van der Waals surface area contributed by atoms with Crippen molar-refractivity contribution in [3.05, 3.63) is 54.6 Å². The molecule has 3 fully saturated rings. The second-order valence-corrected chi connectivity index (χ2v) is 8.83. The number of para-hydroxylation sites is 1. The zero-order valence-corrected chi connectivity index (χ0v) is 18.9. The van der Waals surface area contributed by atoms with Gasteiger partial charge < -0.3 is 24.4 Å². The molecule has 0 radical (unpaired) electrons. The molecule has 8 nitrogen and oxygen atoms in total. The van der Waals surface area contributed by atoms with Crippen LogP contribution in [0, 0.1) is 11.8 Å². The minimum absolute atomic E-state index is 0.0261. The Morgan fingerprint density at radius 2 is 2.09 bits per heavy atom. The zero-order chi connectivity index (χ0) is 23.8. The molecule has 5 atom stereocenters. The Kier molecular flexibility index (Phi) is 6.61. The van der Waals surface area contributed by atoms with Gasteiger partial charge in [-0.3, -0.25) is 14.4 Å². The summed E-state index contributed by atoms with van der Waals surface area (Å²) in [5.41, 5.74) is -0.693. The van der Waals surface area contributed by atoms with Crippen LogP contribution in [-0.4, -0.2) is 71.8 Å². The summed E-state index contributed by atoms with van der Waals surface area (Å²) in [6.45, 7) is 7.10. The molecule has 176 valence electrons. The van der Waals surface area contributed by atoms with Crippen molar-refractivity contribution in [2.75, 3.05) is 31.2 Å². The summed E-state index contributed by atoms with van der Waals surface area (Å²) in [6, 6.07) is 5.90. The number of likely N-dealkylation sites (tertiary alicyclic amines) is 1. The van der Waals surface area contributed by atoms with Crippen molar-refractivity contribution < 1.29 is 29.0 Å². The molecule has 4 rings (SSSR count). The number of anilines is 1. The van der Waals surface area contributed by atoms with E-state index in [4.69, 9.17) is 21.1 Å². The van der Waals surface area contributed by atoms with E-state index in [0.29, 0.717) is 23.6 Å².